The highest BCUT2D eigenvalue weighted by Crippen LogP contribution is 2.31. The van der Waals surface area contributed by atoms with Gasteiger partial charge in [-0.1, -0.05) is 0 Å². The van der Waals surface area contributed by atoms with Crippen molar-refractivity contribution < 1.29 is 4.39 Å². The van der Waals surface area contributed by atoms with E-state index in [1.807, 2.05) is 4.68 Å². The molecule has 1 aliphatic rings. The molecule has 106 valence electrons. The van der Waals surface area contributed by atoms with Crippen LogP contribution in [0.2, 0.25) is 0 Å². The quantitative estimate of drug-likeness (QED) is 0.787. The third-order valence-electron chi connectivity index (χ3n) is 3.66. The zero-order valence-corrected chi connectivity index (χ0v) is 12.0. The van der Waals surface area contributed by atoms with Gasteiger partial charge in [-0.15, -0.1) is 5.10 Å². The molecule has 0 bridgehead atoms. The predicted octanol–water partition coefficient (Wildman–Crippen LogP) is 3.55. The van der Waals surface area contributed by atoms with E-state index < -0.39 is 0 Å². The molecule has 1 atom stereocenters. The number of benzene rings is 1. The van der Waals surface area contributed by atoms with Crippen LogP contribution in [0.15, 0.2) is 41.1 Å². The topological polar surface area (TPSA) is 42.7 Å². The summed E-state index contributed by atoms with van der Waals surface area (Å²) in [5.41, 5.74) is 2.09. The Morgan fingerprint density at radius 3 is 2.86 bits per heavy atom. The number of aromatic nitrogens is 3. The van der Waals surface area contributed by atoms with E-state index in [9.17, 15) is 4.39 Å². The molecule has 1 aromatic carbocycles. The second kappa shape index (κ2) is 4.96. The maximum atomic E-state index is 13.0. The van der Waals surface area contributed by atoms with E-state index in [1.165, 1.54) is 17.7 Å². The summed E-state index contributed by atoms with van der Waals surface area (Å²) in [5.74, 6) is 1.15. The summed E-state index contributed by atoms with van der Waals surface area (Å²) in [5, 5.41) is 12.1. The predicted molar refractivity (Wildman–Crippen MR) is 81.0 cm³/mol. The van der Waals surface area contributed by atoms with Crippen LogP contribution in [0.3, 0.4) is 0 Å². The van der Waals surface area contributed by atoms with Crippen LogP contribution < -0.4 is 5.32 Å². The average molecular weight is 300 g/mol. The third kappa shape index (κ3) is 2.21. The number of hydrogen-bond acceptors (Lipinski definition) is 4. The van der Waals surface area contributed by atoms with Gasteiger partial charge in [-0.05, 0) is 53.1 Å². The second-order valence-electron chi connectivity index (χ2n) is 5.00. The number of anilines is 1. The van der Waals surface area contributed by atoms with E-state index in [-0.39, 0.29) is 11.9 Å². The Morgan fingerprint density at radius 2 is 2.10 bits per heavy atom. The van der Waals surface area contributed by atoms with Gasteiger partial charge in [-0.25, -0.2) is 9.07 Å². The van der Waals surface area contributed by atoms with E-state index in [0.29, 0.717) is 5.82 Å². The molecule has 3 aromatic rings. The lowest BCUT2D eigenvalue weighted by molar-refractivity contribution is 0.482. The molecule has 21 heavy (non-hydrogen) atoms. The molecular weight excluding hydrogens is 287 g/mol. The Labute approximate surface area is 125 Å². The molecule has 0 fully saturated rings. The molecule has 1 aliphatic heterocycles. The Hall–Kier alpha value is -2.21. The van der Waals surface area contributed by atoms with Crippen molar-refractivity contribution in [3.63, 3.8) is 0 Å². The SMILES string of the molecule is Fc1ccc(-c2nc3n(n2)C(c2ccsc2)CCN3)cc1. The lowest BCUT2D eigenvalue weighted by Gasteiger charge is -2.23. The van der Waals surface area contributed by atoms with E-state index >= 15 is 0 Å². The Morgan fingerprint density at radius 1 is 1.24 bits per heavy atom. The van der Waals surface area contributed by atoms with Gasteiger partial charge in [0.2, 0.25) is 5.95 Å². The molecule has 1 N–H and O–H groups in total. The maximum Gasteiger partial charge on any atom is 0.222 e. The molecule has 0 saturated heterocycles. The van der Waals surface area contributed by atoms with Gasteiger partial charge in [0.25, 0.3) is 0 Å². The summed E-state index contributed by atoms with van der Waals surface area (Å²) in [4.78, 5) is 4.53. The van der Waals surface area contributed by atoms with Gasteiger partial charge < -0.3 is 5.32 Å². The van der Waals surface area contributed by atoms with Crippen LogP contribution >= 0.6 is 11.3 Å². The van der Waals surface area contributed by atoms with Crippen LogP contribution in [0.1, 0.15) is 18.0 Å². The molecule has 2 aromatic heterocycles. The van der Waals surface area contributed by atoms with E-state index in [0.717, 1.165) is 24.5 Å². The number of thiophene rings is 1. The van der Waals surface area contributed by atoms with Gasteiger partial charge in [-0.2, -0.15) is 16.3 Å². The van der Waals surface area contributed by atoms with Crippen molar-refractivity contribution in [3.8, 4) is 11.4 Å². The average Bonchev–Trinajstić information content (AvgIpc) is 3.17. The molecule has 0 amide bonds. The lowest BCUT2D eigenvalue weighted by atomic mass is 10.1. The molecule has 0 spiro atoms. The molecular formula is C15H13FN4S. The first kappa shape index (κ1) is 12.5. The third-order valence-corrected chi connectivity index (χ3v) is 4.36. The monoisotopic (exact) mass is 300 g/mol. The summed E-state index contributed by atoms with van der Waals surface area (Å²) in [7, 11) is 0. The Kier molecular flexibility index (Phi) is 2.96. The van der Waals surface area contributed by atoms with Crippen LogP contribution in [-0.4, -0.2) is 21.3 Å². The Balaban J connectivity index is 1.75. The van der Waals surface area contributed by atoms with Crippen molar-refractivity contribution in [2.24, 2.45) is 0 Å². The number of nitrogens with one attached hydrogen (secondary N) is 1. The van der Waals surface area contributed by atoms with Crippen LogP contribution in [0.4, 0.5) is 10.3 Å². The molecule has 3 heterocycles. The van der Waals surface area contributed by atoms with Crippen molar-refractivity contribution in [1.82, 2.24) is 14.8 Å². The first-order valence-corrected chi connectivity index (χ1v) is 7.74. The fraction of sp³-hybridized carbons (Fsp3) is 0.200. The molecule has 0 saturated carbocycles. The highest BCUT2D eigenvalue weighted by atomic mass is 32.1. The lowest BCUT2D eigenvalue weighted by Crippen LogP contribution is -2.24. The number of hydrogen-bond donors (Lipinski definition) is 1. The fourth-order valence-electron chi connectivity index (χ4n) is 2.60. The second-order valence-corrected chi connectivity index (χ2v) is 5.78. The molecule has 1 unspecified atom stereocenters. The smallest absolute Gasteiger partial charge is 0.222 e. The first-order chi connectivity index (χ1) is 10.3. The molecule has 4 rings (SSSR count). The van der Waals surface area contributed by atoms with Crippen molar-refractivity contribution in [2.75, 3.05) is 11.9 Å². The normalized spacial score (nSPS) is 17.3. The van der Waals surface area contributed by atoms with Crippen molar-refractivity contribution >= 4 is 17.3 Å². The van der Waals surface area contributed by atoms with Crippen LogP contribution in [0, 0.1) is 5.82 Å². The summed E-state index contributed by atoms with van der Waals surface area (Å²) < 4.78 is 15.0. The van der Waals surface area contributed by atoms with Gasteiger partial charge in [-0.3, -0.25) is 0 Å². The van der Waals surface area contributed by atoms with E-state index in [2.05, 4.69) is 32.2 Å². The van der Waals surface area contributed by atoms with Crippen molar-refractivity contribution in [3.05, 3.63) is 52.5 Å². The fourth-order valence-corrected chi connectivity index (χ4v) is 3.30. The minimum absolute atomic E-state index is 0.217. The largest absolute Gasteiger partial charge is 0.354 e. The zero-order chi connectivity index (χ0) is 14.2. The highest BCUT2D eigenvalue weighted by molar-refractivity contribution is 7.07. The summed E-state index contributed by atoms with van der Waals surface area (Å²) >= 11 is 1.69. The van der Waals surface area contributed by atoms with Crippen LogP contribution in [0.5, 0.6) is 0 Å². The summed E-state index contributed by atoms with van der Waals surface area (Å²) in [6.45, 7) is 0.877. The molecule has 0 radical (unpaired) electrons. The van der Waals surface area contributed by atoms with Gasteiger partial charge in [0, 0.05) is 12.1 Å². The van der Waals surface area contributed by atoms with Gasteiger partial charge in [0.05, 0.1) is 6.04 Å². The summed E-state index contributed by atoms with van der Waals surface area (Å²) in [6, 6.07) is 8.61. The first-order valence-electron chi connectivity index (χ1n) is 6.80. The maximum absolute atomic E-state index is 13.0. The van der Waals surface area contributed by atoms with E-state index in [1.54, 1.807) is 23.5 Å². The number of halogens is 1. The number of rotatable bonds is 2. The van der Waals surface area contributed by atoms with Gasteiger partial charge in [0.1, 0.15) is 5.82 Å². The van der Waals surface area contributed by atoms with Crippen molar-refractivity contribution in [2.45, 2.75) is 12.5 Å². The number of nitrogens with zero attached hydrogens (tertiary/aromatic N) is 3. The minimum atomic E-state index is -0.253. The van der Waals surface area contributed by atoms with Crippen molar-refractivity contribution in [1.29, 1.82) is 0 Å². The zero-order valence-electron chi connectivity index (χ0n) is 11.2. The molecule has 4 nitrogen and oxygen atoms in total. The number of fused-ring (bicyclic) bond motifs is 1. The Bertz CT molecular complexity index is 749. The van der Waals surface area contributed by atoms with E-state index in [4.69, 9.17) is 0 Å². The van der Waals surface area contributed by atoms with Gasteiger partial charge in [0.15, 0.2) is 5.82 Å². The summed E-state index contributed by atoms with van der Waals surface area (Å²) in [6.07, 6.45) is 0.982. The van der Waals surface area contributed by atoms with Crippen LogP contribution in [0.25, 0.3) is 11.4 Å². The minimum Gasteiger partial charge on any atom is -0.354 e. The highest BCUT2D eigenvalue weighted by Gasteiger charge is 2.24. The molecule has 0 aliphatic carbocycles. The standard InChI is InChI=1S/C15H13FN4S/c16-12-3-1-10(2-4-12)14-18-15-17-7-5-13(20(15)19-14)11-6-8-21-9-11/h1-4,6,8-9,13H,5,7H2,(H,17,18,19). The van der Waals surface area contributed by atoms with Gasteiger partial charge >= 0.3 is 0 Å². The van der Waals surface area contributed by atoms with Crippen LogP contribution in [-0.2, 0) is 0 Å². The molecule has 6 heteroatoms.